The van der Waals surface area contributed by atoms with E-state index < -0.39 is 0 Å². The Balaban J connectivity index is 1.55. The van der Waals surface area contributed by atoms with Gasteiger partial charge in [0, 0.05) is 31.8 Å². The first kappa shape index (κ1) is 14.9. The van der Waals surface area contributed by atoms with Crippen molar-refractivity contribution < 1.29 is 9.13 Å². The fraction of sp³-hybridized carbons (Fsp3) is 0.647. The van der Waals surface area contributed by atoms with Crippen molar-refractivity contribution in [2.75, 3.05) is 40.3 Å². The largest absolute Gasteiger partial charge is 0.372 e. The lowest BCUT2D eigenvalue weighted by atomic mass is 9.78. The van der Waals surface area contributed by atoms with Crippen LogP contribution in [-0.4, -0.2) is 55.7 Å². The van der Waals surface area contributed by atoms with Crippen molar-refractivity contribution in [2.45, 2.75) is 25.0 Å². The highest BCUT2D eigenvalue weighted by Crippen LogP contribution is 2.42. The standard InChI is InChI=1S/C17H25FN2O/c1-19(2)9-7-15-8-10-21-17(15)12-20(13-17)11-14-5-3-4-6-16(14)18/h3-6,15H,7-13H2,1-2H3/t15-/m0/s1. The van der Waals surface area contributed by atoms with Crippen LogP contribution < -0.4 is 0 Å². The van der Waals surface area contributed by atoms with Crippen LogP contribution in [0.1, 0.15) is 18.4 Å². The van der Waals surface area contributed by atoms with Crippen LogP contribution in [0, 0.1) is 11.7 Å². The van der Waals surface area contributed by atoms with Crippen LogP contribution in [0.2, 0.25) is 0 Å². The maximum atomic E-state index is 13.7. The summed E-state index contributed by atoms with van der Waals surface area (Å²) in [6.45, 7) is 4.58. The Morgan fingerprint density at radius 2 is 2.10 bits per heavy atom. The van der Waals surface area contributed by atoms with Gasteiger partial charge >= 0.3 is 0 Å². The summed E-state index contributed by atoms with van der Waals surface area (Å²) in [5.74, 6) is 0.548. The molecule has 0 bridgehead atoms. The second-order valence-corrected chi connectivity index (χ2v) is 6.73. The van der Waals surface area contributed by atoms with Gasteiger partial charge in [-0.3, -0.25) is 4.90 Å². The quantitative estimate of drug-likeness (QED) is 0.828. The maximum absolute atomic E-state index is 13.7. The topological polar surface area (TPSA) is 15.7 Å². The summed E-state index contributed by atoms with van der Waals surface area (Å²) in [6, 6.07) is 7.06. The fourth-order valence-electron chi connectivity index (χ4n) is 3.65. The molecule has 0 radical (unpaired) electrons. The molecule has 1 aromatic rings. The van der Waals surface area contributed by atoms with Crippen molar-refractivity contribution in [2.24, 2.45) is 5.92 Å². The van der Waals surface area contributed by atoms with E-state index in [1.54, 1.807) is 6.07 Å². The lowest BCUT2D eigenvalue weighted by Gasteiger charge is -2.50. The van der Waals surface area contributed by atoms with Crippen LogP contribution in [0.5, 0.6) is 0 Å². The smallest absolute Gasteiger partial charge is 0.127 e. The van der Waals surface area contributed by atoms with E-state index >= 15 is 0 Å². The SMILES string of the molecule is CN(C)CC[C@H]1CCOC12CN(Cc1ccccc1F)C2. The number of nitrogens with zero attached hydrogens (tertiary/aromatic N) is 2. The van der Waals surface area contributed by atoms with Gasteiger partial charge in [0.25, 0.3) is 0 Å². The molecule has 1 aromatic carbocycles. The summed E-state index contributed by atoms with van der Waals surface area (Å²) in [5.41, 5.74) is 0.830. The molecule has 2 fully saturated rings. The van der Waals surface area contributed by atoms with Crippen LogP contribution >= 0.6 is 0 Å². The van der Waals surface area contributed by atoms with Crippen LogP contribution in [0.25, 0.3) is 0 Å². The van der Waals surface area contributed by atoms with E-state index in [9.17, 15) is 4.39 Å². The predicted molar refractivity (Wildman–Crippen MR) is 81.6 cm³/mol. The molecule has 0 amide bonds. The Labute approximate surface area is 126 Å². The summed E-state index contributed by atoms with van der Waals surface area (Å²) < 4.78 is 19.8. The molecule has 2 saturated heterocycles. The minimum atomic E-state index is -0.102. The average Bonchev–Trinajstić information content (AvgIpc) is 2.82. The van der Waals surface area contributed by atoms with Gasteiger partial charge in [-0.25, -0.2) is 4.39 Å². The summed E-state index contributed by atoms with van der Waals surface area (Å²) in [7, 11) is 4.24. The van der Waals surface area contributed by atoms with Gasteiger partial charge in [0.05, 0.1) is 5.60 Å². The first-order valence-corrected chi connectivity index (χ1v) is 7.83. The molecule has 0 aliphatic carbocycles. The lowest BCUT2D eigenvalue weighted by molar-refractivity contribution is -0.137. The maximum Gasteiger partial charge on any atom is 0.127 e. The summed E-state index contributed by atoms with van der Waals surface area (Å²) >= 11 is 0. The monoisotopic (exact) mass is 292 g/mol. The number of hydrogen-bond donors (Lipinski definition) is 0. The zero-order chi connectivity index (χ0) is 14.9. The number of rotatable bonds is 5. The average molecular weight is 292 g/mol. The zero-order valence-corrected chi connectivity index (χ0v) is 13.0. The van der Waals surface area contributed by atoms with Gasteiger partial charge in [-0.15, -0.1) is 0 Å². The van der Waals surface area contributed by atoms with Crippen molar-refractivity contribution in [3.63, 3.8) is 0 Å². The minimum absolute atomic E-state index is 0.0429. The zero-order valence-electron chi connectivity index (χ0n) is 13.0. The van der Waals surface area contributed by atoms with Gasteiger partial charge in [-0.2, -0.15) is 0 Å². The second-order valence-electron chi connectivity index (χ2n) is 6.73. The highest BCUT2D eigenvalue weighted by molar-refractivity contribution is 5.18. The van der Waals surface area contributed by atoms with E-state index in [0.717, 1.165) is 31.8 Å². The number of benzene rings is 1. The molecule has 3 rings (SSSR count). The Bertz CT molecular complexity index is 485. The Morgan fingerprint density at radius 1 is 1.33 bits per heavy atom. The molecular weight excluding hydrogens is 267 g/mol. The van der Waals surface area contributed by atoms with Crippen LogP contribution in [0.4, 0.5) is 4.39 Å². The van der Waals surface area contributed by atoms with Crippen molar-refractivity contribution in [3.05, 3.63) is 35.6 Å². The fourth-order valence-corrected chi connectivity index (χ4v) is 3.65. The van der Waals surface area contributed by atoms with E-state index in [1.165, 1.54) is 18.9 Å². The third-order valence-electron chi connectivity index (χ3n) is 4.86. The van der Waals surface area contributed by atoms with Crippen molar-refractivity contribution in [3.8, 4) is 0 Å². The van der Waals surface area contributed by atoms with E-state index in [-0.39, 0.29) is 11.4 Å². The Hall–Kier alpha value is -0.970. The molecular formula is C17H25FN2O. The second kappa shape index (κ2) is 6.03. The molecule has 2 heterocycles. The molecule has 21 heavy (non-hydrogen) atoms. The molecule has 0 aromatic heterocycles. The van der Waals surface area contributed by atoms with Crippen LogP contribution in [-0.2, 0) is 11.3 Å². The van der Waals surface area contributed by atoms with Crippen molar-refractivity contribution >= 4 is 0 Å². The first-order valence-electron chi connectivity index (χ1n) is 7.83. The van der Waals surface area contributed by atoms with Gasteiger partial charge in [0.2, 0.25) is 0 Å². The van der Waals surface area contributed by atoms with E-state index in [0.29, 0.717) is 12.5 Å². The summed E-state index contributed by atoms with van der Waals surface area (Å²) in [6.07, 6.45) is 2.36. The van der Waals surface area contributed by atoms with E-state index in [2.05, 4.69) is 23.9 Å². The van der Waals surface area contributed by atoms with Crippen molar-refractivity contribution in [1.82, 2.24) is 9.80 Å². The minimum Gasteiger partial charge on any atom is -0.372 e. The van der Waals surface area contributed by atoms with Gasteiger partial charge in [-0.05, 0) is 45.5 Å². The van der Waals surface area contributed by atoms with Gasteiger partial charge < -0.3 is 9.64 Å². The third kappa shape index (κ3) is 3.12. The lowest BCUT2D eigenvalue weighted by Crippen LogP contribution is -2.64. The molecule has 1 atom stereocenters. The molecule has 4 heteroatoms. The van der Waals surface area contributed by atoms with E-state index in [1.807, 2.05) is 12.1 Å². The number of likely N-dealkylation sites (tertiary alicyclic amines) is 1. The molecule has 1 spiro atoms. The van der Waals surface area contributed by atoms with Crippen LogP contribution in [0.15, 0.2) is 24.3 Å². The van der Waals surface area contributed by atoms with Gasteiger partial charge in [0.15, 0.2) is 0 Å². The Morgan fingerprint density at radius 3 is 2.81 bits per heavy atom. The molecule has 2 aliphatic heterocycles. The van der Waals surface area contributed by atoms with Gasteiger partial charge in [0.1, 0.15) is 5.82 Å². The summed E-state index contributed by atoms with van der Waals surface area (Å²) in [5, 5.41) is 0. The van der Waals surface area contributed by atoms with E-state index in [4.69, 9.17) is 4.74 Å². The first-order chi connectivity index (χ1) is 10.1. The van der Waals surface area contributed by atoms with Gasteiger partial charge in [-0.1, -0.05) is 18.2 Å². The highest BCUT2D eigenvalue weighted by atomic mass is 19.1. The van der Waals surface area contributed by atoms with Crippen molar-refractivity contribution in [1.29, 1.82) is 0 Å². The predicted octanol–water partition coefficient (Wildman–Crippen LogP) is 2.37. The normalized spacial score (nSPS) is 24.7. The molecule has 0 unspecified atom stereocenters. The molecule has 3 nitrogen and oxygen atoms in total. The Kier molecular flexibility index (Phi) is 4.29. The highest BCUT2D eigenvalue weighted by Gasteiger charge is 2.52. The number of ether oxygens (including phenoxy) is 1. The molecule has 116 valence electrons. The number of hydrogen-bond acceptors (Lipinski definition) is 3. The number of halogens is 1. The molecule has 2 aliphatic rings. The third-order valence-corrected chi connectivity index (χ3v) is 4.86. The molecule has 0 saturated carbocycles. The molecule has 0 N–H and O–H groups in total. The summed E-state index contributed by atoms with van der Waals surface area (Å²) in [4.78, 5) is 4.54. The van der Waals surface area contributed by atoms with Crippen LogP contribution in [0.3, 0.4) is 0 Å².